The minimum Gasteiger partial charge on any atom is -0.459 e. The molecule has 0 aromatic carbocycles. The molecule has 146 valence electrons. The summed E-state index contributed by atoms with van der Waals surface area (Å²) in [6.07, 6.45) is 5.72. The molecular weight excluding hydrogens is 368 g/mol. The highest BCUT2D eigenvalue weighted by molar-refractivity contribution is 7.80. The van der Waals surface area contributed by atoms with Crippen LogP contribution in [0.1, 0.15) is 42.7 Å². The molecule has 8 nitrogen and oxygen atoms in total. The van der Waals surface area contributed by atoms with Gasteiger partial charge in [-0.3, -0.25) is 19.7 Å². The van der Waals surface area contributed by atoms with Crippen molar-refractivity contribution in [2.75, 3.05) is 26.2 Å². The largest absolute Gasteiger partial charge is 0.459 e. The van der Waals surface area contributed by atoms with Crippen LogP contribution in [0.25, 0.3) is 0 Å². The van der Waals surface area contributed by atoms with Crippen molar-refractivity contribution in [2.45, 2.75) is 38.1 Å². The Bertz CT molecular complexity index is 700. The molecule has 0 bridgehead atoms. The monoisotopic (exact) mass is 392 g/mol. The molecule has 2 fully saturated rings. The number of hydrogen-bond acceptors (Lipinski definition) is 5. The summed E-state index contributed by atoms with van der Waals surface area (Å²) in [5, 5.41) is 5.50. The molecule has 0 aliphatic carbocycles. The van der Waals surface area contributed by atoms with Gasteiger partial charge in [-0.25, -0.2) is 0 Å². The zero-order valence-electron chi connectivity index (χ0n) is 15.1. The molecule has 3 heterocycles. The van der Waals surface area contributed by atoms with Gasteiger partial charge in [-0.15, -0.1) is 0 Å². The fourth-order valence-corrected chi connectivity index (χ4v) is 3.63. The van der Waals surface area contributed by atoms with Crippen molar-refractivity contribution in [3.8, 4) is 0 Å². The summed E-state index contributed by atoms with van der Waals surface area (Å²) in [5.74, 6) is -0.492. The summed E-state index contributed by atoms with van der Waals surface area (Å²) >= 11 is 5.17. The van der Waals surface area contributed by atoms with Gasteiger partial charge in [0.05, 0.1) is 12.8 Å². The lowest BCUT2D eigenvalue weighted by Gasteiger charge is -2.27. The van der Waals surface area contributed by atoms with Crippen LogP contribution in [0.4, 0.5) is 0 Å². The van der Waals surface area contributed by atoms with Gasteiger partial charge in [-0.1, -0.05) is 0 Å². The van der Waals surface area contributed by atoms with Crippen molar-refractivity contribution < 1.29 is 18.8 Å². The van der Waals surface area contributed by atoms with Gasteiger partial charge in [0.2, 0.25) is 11.8 Å². The molecule has 27 heavy (non-hydrogen) atoms. The lowest BCUT2D eigenvalue weighted by Crippen LogP contribution is -2.52. The second kappa shape index (κ2) is 8.98. The first kappa shape index (κ1) is 19.3. The minimum atomic E-state index is -0.553. The third-order valence-electron chi connectivity index (χ3n) is 4.84. The van der Waals surface area contributed by atoms with Gasteiger partial charge in [-0.2, -0.15) is 0 Å². The molecule has 3 rings (SSSR count). The van der Waals surface area contributed by atoms with Crippen LogP contribution in [0, 0.1) is 0 Å². The molecule has 0 spiro atoms. The number of nitrogens with zero attached hydrogens (tertiary/aromatic N) is 2. The molecule has 0 radical (unpaired) electrons. The van der Waals surface area contributed by atoms with E-state index in [1.165, 1.54) is 12.3 Å². The smallest absolute Gasteiger partial charge is 0.293 e. The highest BCUT2D eigenvalue weighted by atomic mass is 32.1. The average molecular weight is 392 g/mol. The zero-order chi connectivity index (χ0) is 19.2. The van der Waals surface area contributed by atoms with Crippen LogP contribution in [-0.2, 0) is 9.59 Å². The van der Waals surface area contributed by atoms with Crippen LogP contribution >= 0.6 is 12.2 Å². The maximum atomic E-state index is 12.8. The van der Waals surface area contributed by atoms with Gasteiger partial charge in [0.1, 0.15) is 6.04 Å². The van der Waals surface area contributed by atoms with E-state index in [1.54, 1.807) is 11.0 Å². The third kappa shape index (κ3) is 5.06. The molecule has 2 aliphatic rings. The predicted molar refractivity (Wildman–Crippen MR) is 102 cm³/mol. The molecule has 2 aliphatic heterocycles. The second-order valence-electron chi connectivity index (χ2n) is 6.80. The van der Waals surface area contributed by atoms with E-state index >= 15 is 0 Å². The molecule has 1 aromatic rings. The lowest BCUT2D eigenvalue weighted by molar-refractivity contribution is -0.140. The van der Waals surface area contributed by atoms with Gasteiger partial charge >= 0.3 is 0 Å². The first-order valence-corrected chi connectivity index (χ1v) is 9.67. The summed E-state index contributed by atoms with van der Waals surface area (Å²) in [7, 11) is 0. The van der Waals surface area contributed by atoms with Gasteiger partial charge < -0.3 is 19.5 Å². The number of amides is 3. The Kier molecular flexibility index (Phi) is 6.44. The fraction of sp³-hybridized carbons (Fsp3) is 0.556. The number of carbonyl (C=O) groups excluding carboxylic acids is 3. The summed E-state index contributed by atoms with van der Waals surface area (Å²) in [5.41, 5.74) is 0. The zero-order valence-corrected chi connectivity index (χ0v) is 15.9. The van der Waals surface area contributed by atoms with Crippen molar-refractivity contribution >= 4 is 35.1 Å². The first-order valence-electron chi connectivity index (χ1n) is 9.26. The number of furan rings is 1. The van der Waals surface area contributed by atoms with Crippen molar-refractivity contribution in [3.05, 3.63) is 24.2 Å². The van der Waals surface area contributed by atoms with E-state index < -0.39 is 11.9 Å². The van der Waals surface area contributed by atoms with Crippen LogP contribution in [-0.4, -0.2) is 64.9 Å². The van der Waals surface area contributed by atoms with Crippen molar-refractivity contribution in [1.29, 1.82) is 0 Å². The van der Waals surface area contributed by atoms with Crippen molar-refractivity contribution in [1.82, 2.24) is 20.4 Å². The molecule has 1 aromatic heterocycles. The Labute approximate surface area is 163 Å². The van der Waals surface area contributed by atoms with Gasteiger partial charge in [0.15, 0.2) is 10.9 Å². The van der Waals surface area contributed by atoms with E-state index in [0.29, 0.717) is 13.0 Å². The van der Waals surface area contributed by atoms with Crippen LogP contribution < -0.4 is 10.6 Å². The number of hydrogen-bond donors (Lipinski definition) is 2. The molecular formula is C18H24N4O4S. The summed E-state index contributed by atoms with van der Waals surface area (Å²) in [4.78, 5) is 40.6. The molecule has 1 atom stereocenters. The average Bonchev–Trinajstić information content (AvgIpc) is 3.33. The number of nitrogens with one attached hydrogen (secondary N) is 2. The summed E-state index contributed by atoms with van der Waals surface area (Å²) < 4.78 is 5.02. The lowest BCUT2D eigenvalue weighted by atomic mass is 10.1. The number of likely N-dealkylation sites (tertiary alicyclic amines) is 2. The molecule has 3 amide bonds. The quantitative estimate of drug-likeness (QED) is 0.739. The molecule has 0 saturated carbocycles. The van der Waals surface area contributed by atoms with E-state index in [1.807, 2.05) is 4.90 Å². The Hall–Kier alpha value is -2.42. The number of rotatable bonds is 4. The highest BCUT2D eigenvalue weighted by Crippen LogP contribution is 2.14. The molecule has 9 heteroatoms. The van der Waals surface area contributed by atoms with Crippen molar-refractivity contribution in [3.63, 3.8) is 0 Å². The van der Waals surface area contributed by atoms with Gasteiger partial charge in [0, 0.05) is 19.6 Å². The second-order valence-corrected chi connectivity index (χ2v) is 7.21. The highest BCUT2D eigenvalue weighted by Gasteiger charge is 2.30. The maximum absolute atomic E-state index is 12.8. The van der Waals surface area contributed by atoms with Crippen LogP contribution in [0.3, 0.4) is 0 Å². The van der Waals surface area contributed by atoms with E-state index in [0.717, 1.165) is 38.8 Å². The molecule has 0 unspecified atom stereocenters. The van der Waals surface area contributed by atoms with Gasteiger partial charge in [-0.05, 0) is 56.5 Å². The van der Waals surface area contributed by atoms with E-state index in [4.69, 9.17) is 16.6 Å². The van der Waals surface area contributed by atoms with E-state index in [2.05, 4.69) is 10.6 Å². The SMILES string of the molecule is O=C(NC(=S)N[C@H]1CCCCN(CC(=O)N2CCCC2)C1=O)c1ccco1. The Morgan fingerprint density at radius 1 is 1.19 bits per heavy atom. The van der Waals surface area contributed by atoms with Crippen LogP contribution in [0.15, 0.2) is 22.8 Å². The van der Waals surface area contributed by atoms with Crippen LogP contribution in [0.2, 0.25) is 0 Å². The van der Waals surface area contributed by atoms with E-state index in [-0.39, 0.29) is 29.2 Å². The standard InChI is InChI=1S/C18H24N4O4S/c23-15(21-8-3-4-9-21)12-22-10-2-1-6-13(17(22)25)19-18(27)20-16(24)14-7-5-11-26-14/h5,7,11,13H,1-4,6,8-10,12H2,(H2,19,20,24,27)/t13-/m0/s1. The fourth-order valence-electron chi connectivity index (χ4n) is 3.39. The maximum Gasteiger partial charge on any atom is 0.293 e. The summed E-state index contributed by atoms with van der Waals surface area (Å²) in [6, 6.07) is 2.58. The Morgan fingerprint density at radius 2 is 1.93 bits per heavy atom. The molecule has 2 N–H and O–H groups in total. The number of carbonyl (C=O) groups is 3. The summed E-state index contributed by atoms with van der Waals surface area (Å²) in [6.45, 7) is 2.20. The van der Waals surface area contributed by atoms with E-state index in [9.17, 15) is 14.4 Å². The topological polar surface area (TPSA) is 94.9 Å². The minimum absolute atomic E-state index is 0.00445. The van der Waals surface area contributed by atoms with Gasteiger partial charge in [0.25, 0.3) is 5.91 Å². The van der Waals surface area contributed by atoms with Crippen LogP contribution in [0.5, 0.6) is 0 Å². The Balaban J connectivity index is 1.55. The normalized spacial score (nSPS) is 20.3. The Morgan fingerprint density at radius 3 is 2.63 bits per heavy atom. The predicted octanol–water partition coefficient (Wildman–Crippen LogP) is 0.887. The number of thiocarbonyl (C=S) groups is 1. The third-order valence-corrected chi connectivity index (χ3v) is 5.06. The van der Waals surface area contributed by atoms with Crippen molar-refractivity contribution in [2.24, 2.45) is 0 Å². The molecule has 2 saturated heterocycles. The first-order chi connectivity index (χ1) is 13.0.